The van der Waals surface area contributed by atoms with Crippen molar-refractivity contribution in [1.29, 1.82) is 0 Å². The lowest BCUT2D eigenvalue weighted by molar-refractivity contribution is 0.0260. The monoisotopic (exact) mass is 707 g/mol. The van der Waals surface area contributed by atoms with Crippen molar-refractivity contribution in [2.75, 3.05) is 46.0 Å². The molecule has 11 nitrogen and oxygen atoms in total. The molecule has 5 rings (SSSR count). The van der Waals surface area contributed by atoms with Gasteiger partial charge in [0, 0.05) is 32.7 Å². The van der Waals surface area contributed by atoms with Gasteiger partial charge in [-0.15, -0.1) is 10.2 Å². The van der Waals surface area contributed by atoms with Crippen LogP contribution in [0.3, 0.4) is 0 Å². The molecule has 2 aliphatic heterocycles. The second kappa shape index (κ2) is 15.7. The van der Waals surface area contributed by atoms with E-state index in [2.05, 4.69) is 10.2 Å². The summed E-state index contributed by atoms with van der Waals surface area (Å²) in [5.41, 5.74) is 2.37. The van der Waals surface area contributed by atoms with Crippen LogP contribution in [0.4, 0.5) is 18.4 Å². The van der Waals surface area contributed by atoms with Gasteiger partial charge < -0.3 is 33.7 Å². The maximum Gasteiger partial charge on any atom is 0.410 e. The summed E-state index contributed by atoms with van der Waals surface area (Å²) in [6.07, 6.45) is 4.09. The number of hydrogen-bond acceptors (Lipinski definition) is 8. The lowest BCUT2D eigenvalue weighted by Gasteiger charge is -2.29. The smallest absolute Gasteiger partial charge is 0.410 e. The highest BCUT2D eigenvalue weighted by atomic mass is 19.1. The van der Waals surface area contributed by atoms with Crippen LogP contribution in [0, 0.1) is 11.6 Å². The Balaban J connectivity index is 1.37. The van der Waals surface area contributed by atoms with Crippen LogP contribution in [0.15, 0.2) is 48.6 Å². The number of ether oxygens (including phenoxy) is 3. The maximum absolute atomic E-state index is 15.8. The Kier molecular flexibility index (Phi) is 11.6. The minimum Gasteiger partial charge on any atom is -0.444 e. The number of aliphatic hydroxyl groups excluding tert-OH is 1. The summed E-state index contributed by atoms with van der Waals surface area (Å²) in [6, 6.07) is 9.71. The summed E-state index contributed by atoms with van der Waals surface area (Å²) in [6.45, 7) is 12.8. The van der Waals surface area contributed by atoms with Gasteiger partial charge in [0.1, 0.15) is 22.8 Å². The molecule has 274 valence electrons. The largest absolute Gasteiger partial charge is 0.444 e. The Morgan fingerprint density at radius 2 is 1.20 bits per heavy atom. The topological polar surface area (TPSA) is 119 Å². The number of amides is 2. The van der Waals surface area contributed by atoms with E-state index < -0.39 is 22.8 Å². The number of nitrogens with zero attached hydrogens (tertiary/aromatic N) is 5. The normalized spacial score (nSPS) is 15.4. The van der Waals surface area contributed by atoms with Gasteiger partial charge in [-0.2, -0.15) is 0 Å². The molecule has 0 saturated carbocycles. The van der Waals surface area contributed by atoms with Crippen molar-refractivity contribution in [3.05, 3.63) is 71.3 Å². The fraction of sp³-hybridized carbons (Fsp3) is 0.474. The van der Waals surface area contributed by atoms with E-state index in [1.165, 1.54) is 12.1 Å². The van der Waals surface area contributed by atoms with Crippen LogP contribution in [-0.4, -0.2) is 99.1 Å². The summed E-state index contributed by atoms with van der Waals surface area (Å²) in [5, 5.41) is 17.8. The lowest BCUT2D eigenvalue weighted by atomic mass is 9.97. The van der Waals surface area contributed by atoms with Crippen LogP contribution in [0.5, 0.6) is 0 Å². The van der Waals surface area contributed by atoms with Crippen LogP contribution >= 0.6 is 0 Å². The Labute approximate surface area is 297 Å². The average molecular weight is 708 g/mol. The Morgan fingerprint density at radius 3 is 1.55 bits per heavy atom. The van der Waals surface area contributed by atoms with Crippen LogP contribution < -0.4 is 0 Å². The molecule has 0 fully saturated rings. The van der Waals surface area contributed by atoms with Crippen molar-refractivity contribution in [2.24, 2.45) is 0 Å². The Bertz CT molecular complexity index is 1680. The van der Waals surface area contributed by atoms with Gasteiger partial charge in [0.05, 0.1) is 30.9 Å². The molecule has 51 heavy (non-hydrogen) atoms. The summed E-state index contributed by atoms with van der Waals surface area (Å²) in [5.74, 6) is -0.646. The molecule has 0 radical (unpaired) electrons. The molecule has 0 saturated heterocycles. The number of aliphatic hydroxyl groups is 1. The number of rotatable bonds is 9. The van der Waals surface area contributed by atoms with Gasteiger partial charge in [0.2, 0.25) is 0 Å². The summed E-state index contributed by atoms with van der Waals surface area (Å²) >= 11 is 0. The van der Waals surface area contributed by atoms with Crippen molar-refractivity contribution in [2.45, 2.75) is 72.1 Å². The molecule has 0 aliphatic carbocycles. The van der Waals surface area contributed by atoms with Gasteiger partial charge in [0.15, 0.2) is 11.6 Å². The van der Waals surface area contributed by atoms with Crippen molar-refractivity contribution in [1.82, 2.24) is 24.6 Å². The van der Waals surface area contributed by atoms with Gasteiger partial charge >= 0.3 is 12.2 Å². The number of carbonyl (C=O) groups excluding carboxylic acids is 2. The molecule has 0 spiro atoms. The Hall–Kier alpha value is -4.62. The zero-order valence-corrected chi connectivity index (χ0v) is 30.2. The van der Waals surface area contributed by atoms with E-state index in [0.717, 1.165) is 11.1 Å². The third-order valence-electron chi connectivity index (χ3n) is 8.33. The predicted molar refractivity (Wildman–Crippen MR) is 190 cm³/mol. The number of halogens is 2. The third kappa shape index (κ3) is 9.59. The van der Waals surface area contributed by atoms with Gasteiger partial charge in [-0.25, -0.2) is 18.4 Å². The molecule has 3 heterocycles. The highest BCUT2D eigenvalue weighted by molar-refractivity contribution is 5.76. The fourth-order valence-electron chi connectivity index (χ4n) is 5.88. The highest BCUT2D eigenvalue weighted by Gasteiger charge is 2.27. The van der Waals surface area contributed by atoms with E-state index >= 15 is 8.78 Å². The van der Waals surface area contributed by atoms with Gasteiger partial charge in [-0.05, 0) is 101 Å². The number of carbonyl (C=O) groups is 2. The van der Waals surface area contributed by atoms with Crippen molar-refractivity contribution >= 4 is 23.3 Å². The van der Waals surface area contributed by atoms with E-state index in [4.69, 9.17) is 14.2 Å². The maximum atomic E-state index is 15.8. The van der Waals surface area contributed by atoms with Crippen LogP contribution in [0.25, 0.3) is 33.9 Å². The van der Waals surface area contributed by atoms with Crippen LogP contribution in [-0.2, 0) is 20.8 Å². The van der Waals surface area contributed by atoms with Gasteiger partial charge in [-0.3, -0.25) is 0 Å². The van der Waals surface area contributed by atoms with Crippen molar-refractivity contribution in [3.8, 4) is 22.8 Å². The first-order valence-electron chi connectivity index (χ1n) is 17.2. The fourth-order valence-corrected chi connectivity index (χ4v) is 5.88. The minimum atomic E-state index is -0.595. The number of benzene rings is 2. The SMILES string of the molecule is CC(C)(C)OC(=O)N1CC=C(c2ccc(-c3nnc(-c4ccc(C5=CCN(C(=O)OC(C)(C)C)CC5)cc4F)n3CCOCCO)c(F)c2)CC1. The molecule has 2 aromatic carbocycles. The second-order valence-corrected chi connectivity index (χ2v) is 14.5. The average Bonchev–Trinajstić information content (AvgIpc) is 3.48. The molecule has 0 bridgehead atoms. The zero-order chi connectivity index (χ0) is 36.9. The molecule has 1 N–H and O–H groups in total. The Morgan fingerprint density at radius 1 is 0.745 bits per heavy atom. The summed E-state index contributed by atoms with van der Waals surface area (Å²) < 4.78 is 49.7. The third-order valence-corrected chi connectivity index (χ3v) is 8.33. The number of hydrogen-bond donors (Lipinski definition) is 1. The van der Waals surface area contributed by atoms with E-state index in [0.29, 0.717) is 50.1 Å². The molecular formula is C38H47F2N5O6. The predicted octanol–water partition coefficient (Wildman–Crippen LogP) is 6.95. The molecule has 0 atom stereocenters. The first kappa shape index (κ1) is 37.6. The zero-order valence-electron chi connectivity index (χ0n) is 30.2. The van der Waals surface area contributed by atoms with E-state index in [9.17, 15) is 14.7 Å². The van der Waals surface area contributed by atoms with E-state index in [1.54, 1.807) is 38.6 Å². The summed E-state index contributed by atoms with van der Waals surface area (Å²) in [4.78, 5) is 28.2. The van der Waals surface area contributed by atoms with E-state index in [1.807, 2.05) is 53.7 Å². The van der Waals surface area contributed by atoms with Crippen LogP contribution in [0.1, 0.15) is 65.5 Å². The minimum absolute atomic E-state index is 0.111. The molecule has 1 aromatic heterocycles. The summed E-state index contributed by atoms with van der Waals surface area (Å²) in [7, 11) is 0. The first-order valence-corrected chi connectivity index (χ1v) is 17.2. The van der Waals surface area contributed by atoms with Crippen molar-refractivity contribution in [3.63, 3.8) is 0 Å². The van der Waals surface area contributed by atoms with Gasteiger partial charge in [0.25, 0.3) is 0 Å². The molecule has 2 aliphatic rings. The van der Waals surface area contributed by atoms with Crippen molar-refractivity contribution < 1.29 is 37.7 Å². The van der Waals surface area contributed by atoms with Gasteiger partial charge in [-0.1, -0.05) is 24.3 Å². The molecule has 3 aromatic rings. The molecule has 2 amide bonds. The molecule has 0 unspecified atom stereocenters. The second-order valence-electron chi connectivity index (χ2n) is 14.5. The number of aromatic nitrogens is 3. The van der Waals surface area contributed by atoms with Crippen LogP contribution in [0.2, 0.25) is 0 Å². The standard InChI is InChI=1S/C38H47F2N5O6/c1-37(2,3)50-35(47)43-15-11-25(12-16-43)27-7-9-29(31(39)23-27)33-41-42-34(45(33)19-21-49-22-20-46)30-10-8-28(24-32(30)40)26-13-17-44(18-14-26)36(48)51-38(4,5)6/h7-11,13,23-24,46H,12,14-22H2,1-6H3. The lowest BCUT2D eigenvalue weighted by Crippen LogP contribution is -2.39. The quantitative estimate of drug-likeness (QED) is 0.238. The highest BCUT2D eigenvalue weighted by Crippen LogP contribution is 2.33. The molecule has 13 heteroatoms. The first-order chi connectivity index (χ1) is 24.1. The molecular weight excluding hydrogens is 660 g/mol. The van der Waals surface area contributed by atoms with E-state index in [-0.39, 0.29) is 61.3 Å².